The molecule has 1 aromatic carbocycles. The Bertz CT molecular complexity index is 1070. The number of esters is 1. The van der Waals surface area contributed by atoms with E-state index < -0.39 is 41.1 Å². The fraction of sp³-hybridized carbons (Fsp3) is 0.567. The van der Waals surface area contributed by atoms with Gasteiger partial charge < -0.3 is 24.4 Å². The van der Waals surface area contributed by atoms with E-state index in [9.17, 15) is 19.5 Å². The summed E-state index contributed by atoms with van der Waals surface area (Å²) in [6.45, 7) is 13.4. The van der Waals surface area contributed by atoms with E-state index in [1.807, 2.05) is 51.1 Å². The second-order valence-corrected chi connectivity index (χ2v) is 10.8. The Morgan fingerprint density at radius 1 is 1.24 bits per heavy atom. The predicted octanol–water partition coefficient (Wildman–Crippen LogP) is 3.42. The Morgan fingerprint density at radius 2 is 1.95 bits per heavy atom. The van der Waals surface area contributed by atoms with Gasteiger partial charge in [0.25, 0.3) is 0 Å². The van der Waals surface area contributed by atoms with Crippen LogP contribution < -0.4 is 0 Å². The van der Waals surface area contributed by atoms with Gasteiger partial charge in [-0.25, -0.2) is 0 Å². The number of aliphatic hydroxyl groups excluding tert-OH is 1. The molecule has 3 aliphatic heterocycles. The van der Waals surface area contributed by atoms with Crippen molar-refractivity contribution in [2.75, 3.05) is 19.8 Å². The third kappa shape index (κ3) is 4.28. The number of nitrogens with zero attached hydrogens (tertiary/aromatic N) is 2. The zero-order valence-electron chi connectivity index (χ0n) is 22.7. The lowest BCUT2D eigenvalue weighted by Crippen LogP contribution is -2.58. The highest BCUT2D eigenvalue weighted by Gasteiger charge is 2.79. The molecule has 2 unspecified atom stereocenters. The van der Waals surface area contributed by atoms with Gasteiger partial charge in [0.15, 0.2) is 0 Å². The van der Waals surface area contributed by atoms with Crippen LogP contribution in [0.2, 0.25) is 0 Å². The molecular formula is C30H40N2O6. The lowest BCUT2D eigenvalue weighted by Gasteiger charge is -2.40. The molecule has 8 nitrogen and oxygen atoms in total. The third-order valence-electron chi connectivity index (χ3n) is 8.60. The summed E-state index contributed by atoms with van der Waals surface area (Å²) < 4.78 is 12.4. The number of aliphatic hydroxyl groups is 1. The van der Waals surface area contributed by atoms with E-state index in [1.54, 1.807) is 17.1 Å². The van der Waals surface area contributed by atoms with E-state index >= 15 is 0 Å². The van der Waals surface area contributed by atoms with Crippen molar-refractivity contribution in [2.45, 2.75) is 75.8 Å². The van der Waals surface area contributed by atoms with Crippen molar-refractivity contribution in [2.24, 2.45) is 11.8 Å². The highest BCUT2D eigenvalue weighted by atomic mass is 16.6. The maximum absolute atomic E-state index is 14.4. The summed E-state index contributed by atoms with van der Waals surface area (Å²) in [5.74, 6) is -2.81. The summed E-state index contributed by atoms with van der Waals surface area (Å²) in [5.41, 5.74) is -1.36. The first kappa shape index (κ1) is 28.0. The van der Waals surface area contributed by atoms with E-state index in [0.29, 0.717) is 37.8 Å². The standard InChI is InChI=1S/C30H40N2O6/c1-6-9-18-37-28(36)24-23-26(34)32(22(19-33)21-13-11-10-12-14-21)25(27(35)31(17-7-2)20(4)5)30(23)16-15-29(24,8-3)38-30/h6-7,10-14,20,22-25,33H,1-2,8-9,15-19H2,3-5H3/t22-,23+,24+,25?,29-,30?/m1/s1. The van der Waals surface area contributed by atoms with E-state index in [2.05, 4.69) is 13.2 Å². The molecule has 8 heteroatoms. The first-order valence-corrected chi connectivity index (χ1v) is 13.6. The van der Waals surface area contributed by atoms with E-state index in [-0.39, 0.29) is 31.1 Å². The van der Waals surface area contributed by atoms with E-state index in [4.69, 9.17) is 9.47 Å². The summed E-state index contributed by atoms with van der Waals surface area (Å²) in [4.78, 5) is 45.5. The van der Waals surface area contributed by atoms with Crippen LogP contribution in [0.1, 0.15) is 58.1 Å². The van der Waals surface area contributed by atoms with E-state index in [0.717, 1.165) is 0 Å². The molecule has 1 N–H and O–H groups in total. The maximum Gasteiger partial charge on any atom is 0.312 e. The number of likely N-dealkylation sites (tertiary alicyclic amines) is 1. The highest BCUT2D eigenvalue weighted by Crippen LogP contribution is 2.65. The molecule has 1 aromatic rings. The molecule has 2 amide bonds. The van der Waals surface area contributed by atoms with Gasteiger partial charge in [0.05, 0.1) is 30.8 Å². The molecule has 3 heterocycles. The fourth-order valence-corrected chi connectivity index (χ4v) is 6.84. The van der Waals surface area contributed by atoms with Crippen LogP contribution >= 0.6 is 0 Å². The van der Waals surface area contributed by atoms with Gasteiger partial charge in [-0.05, 0) is 45.1 Å². The zero-order valence-corrected chi connectivity index (χ0v) is 22.7. The summed E-state index contributed by atoms with van der Waals surface area (Å²) in [6.07, 6.45) is 5.36. The molecule has 4 rings (SSSR count). The molecule has 3 fully saturated rings. The first-order chi connectivity index (χ1) is 18.2. The predicted molar refractivity (Wildman–Crippen MR) is 143 cm³/mol. The van der Waals surface area contributed by atoms with Gasteiger partial charge in [0.1, 0.15) is 17.6 Å². The minimum Gasteiger partial charge on any atom is -0.465 e. The zero-order chi connectivity index (χ0) is 27.7. The monoisotopic (exact) mass is 524 g/mol. The van der Waals surface area contributed by atoms with Crippen LogP contribution in [0.4, 0.5) is 0 Å². The smallest absolute Gasteiger partial charge is 0.312 e. The van der Waals surface area contributed by atoms with Crippen LogP contribution in [0.3, 0.4) is 0 Å². The lowest BCUT2D eigenvalue weighted by molar-refractivity contribution is -0.164. The lowest BCUT2D eigenvalue weighted by atomic mass is 9.65. The van der Waals surface area contributed by atoms with Gasteiger partial charge in [-0.15, -0.1) is 13.2 Å². The number of hydrogen-bond acceptors (Lipinski definition) is 6. The molecule has 206 valence electrons. The van der Waals surface area contributed by atoms with E-state index in [1.165, 1.54) is 4.90 Å². The SMILES string of the molecule is C=CCCOC(=O)[C@@H]1[C@H]2C(=O)N([C@H](CO)c3ccccc3)C(C(=O)N(CC=C)C(C)C)C23CC[C@@]1(CC)O3. The van der Waals surface area contributed by atoms with Crippen molar-refractivity contribution < 1.29 is 29.0 Å². The van der Waals surface area contributed by atoms with Crippen molar-refractivity contribution in [3.05, 3.63) is 61.2 Å². The number of ether oxygens (including phenoxy) is 2. The average Bonchev–Trinajstić information content (AvgIpc) is 3.52. The van der Waals surface area contributed by atoms with Crippen molar-refractivity contribution in [1.82, 2.24) is 9.80 Å². The summed E-state index contributed by atoms with van der Waals surface area (Å²) in [7, 11) is 0. The van der Waals surface area contributed by atoms with Crippen molar-refractivity contribution in [1.29, 1.82) is 0 Å². The quantitative estimate of drug-likeness (QED) is 0.256. The molecule has 0 aromatic heterocycles. The summed E-state index contributed by atoms with van der Waals surface area (Å²) in [6, 6.07) is 7.26. The number of hydrogen-bond donors (Lipinski definition) is 1. The van der Waals surface area contributed by atoms with Gasteiger partial charge in [0, 0.05) is 12.6 Å². The third-order valence-corrected chi connectivity index (χ3v) is 8.60. The molecule has 0 saturated carbocycles. The van der Waals surface area contributed by atoms with Gasteiger partial charge in [-0.1, -0.05) is 49.4 Å². The largest absolute Gasteiger partial charge is 0.465 e. The molecule has 0 aliphatic carbocycles. The second kappa shape index (κ2) is 11.0. The van der Waals surface area contributed by atoms with Crippen LogP contribution in [0, 0.1) is 11.8 Å². The molecule has 1 spiro atoms. The van der Waals surface area contributed by atoms with Crippen molar-refractivity contribution in [3.63, 3.8) is 0 Å². The Kier molecular flexibility index (Phi) is 8.14. The summed E-state index contributed by atoms with van der Waals surface area (Å²) >= 11 is 0. The molecule has 0 radical (unpaired) electrons. The fourth-order valence-electron chi connectivity index (χ4n) is 6.84. The summed E-state index contributed by atoms with van der Waals surface area (Å²) in [5, 5.41) is 10.6. The highest BCUT2D eigenvalue weighted by molar-refractivity contribution is 5.99. The molecule has 6 atom stereocenters. The minimum absolute atomic E-state index is 0.157. The molecule has 38 heavy (non-hydrogen) atoms. The Morgan fingerprint density at radius 3 is 2.53 bits per heavy atom. The number of rotatable bonds is 12. The number of carbonyl (C=O) groups is 3. The van der Waals surface area contributed by atoms with Gasteiger partial charge in [0.2, 0.25) is 11.8 Å². The van der Waals surface area contributed by atoms with Gasteiger partial charge in [-0.3, -0.25) is 14.4 Å². The normalized spacial score (nSPS) is 30.3. The van der Waals surface area contributed by atoms with Gasteiger partial charge >= 0.3 is 5.97 Å². The minimum atomic E-state index is -1.19. The van der Waals surface area contributed by atoms with Crippen LogP contribution in [0.5, 0.6) is 0 Å². The van der Waals surface area contributed by atoms with Crippen LogP contribution in [-0.2, 0) is 23.9 Å². The van der Waals surface area contributed by atoms with Crippen molar-refractivity contribution in [3.8, 4) is 0 Å². The molecular weight excluding hydrogens is 484 g/mol. The van der Waals surface area contributed by atoms with Crippen LogP contribution in [0.15, 0.2) is 55.6 Å². The number of carbonyl (C=O) groups excluding carboxylic acids is 3. The number of benzene rings is 1. The van der Waals surface area contributed by atoms with Crippen LogP contribution in [0.25, 0.3) is 0 Å². The topological polar surface area (TPSA) is 96.4 Å². The molecule has 3 aliphatic rings. The number of amides is 2. The van der Waals surface area contributed by atoms with Crippen LogP contribution in [-0.4, -0.2) is 75.7 Å². The second-order valence-electron chi connectivity index (χ2n) is 10.8. The Labute approximate surface area is 225 Å². The molecule has 2 bridgehead atoms. The van der Waals surface area contributed by atoms with Gasteiger partial charge in [-0.2, -0.15) is 0 Å². The Balaban J connectivity index is 1.85. The van der Waals surface area contributed by atoms with Crippen molar-refractivity contribution >= 4 is 17.8 Å². The maximum atomic E-state index is 14.4. The average molecular weight is 525 g/mol. The number of fused-ring (bicyclic) bond motifs is 1. The Hall–Kier alpha value is -2.97. The molecule has 3 saturated heterocycles. The first-order valence-electron chi connectivity index (χ1n) is 13.6.